The first-order valence-corrected chi connectivity index (χ1v) is 8.22. The Morgan fingerprint density at radius 3 is 2.22 bits per heavy atom. The van der Waals surface area contributed by atoms with Crippen LogP contribution in [0.15, 0.2) is 34.5 Å². The molecule has 0 unspecified atom stereocenters. The Labute approximate surface area is 141 Å². The number of thiazole rings is 1. The van der Waals surface area contributed by atoms with Crippen molar-refractivity contribution in [1.82, 2.24) is 4.98 Å². The standard InChI is InChI=1S/C17H23N5S/c1-10-14(11(2)21-22-16(18)19)23-15(20-10)12-6-8-13(9-7-12)17(3,4)5/h6-9H,1-5H3,(H4,18,19,22)/b21-11-. The molecule has 0 radical (unpaired) electrons. The second kappa shape index (κ2) is 6.50. The van der Waals surface area contributed by atoms with Gasteiger partial charge >= 0.3 is 0 Å². The molecule has 0 bridgehead atoms. The van der Waals surface area contributed by atoms with Crippen LogP contribution in [0, 0.1) is 6.92 Å². The van der Waals surface area contributed by atoms with Gasteiger partial charge in [-0.3, -0.25) is 0 Å². The minimum absolute atomic E-state index is 0.0514. The van der Waals surface area contributed by atoms with E-state index in [4.69, 9.17) is 11.5 Å². The molecule has 0 aliphatic heterocycles. The van der Waals surface area contributed by atoms with Gasteiger partial charge in [0.1, 0.15) is 5.01 Å². The zero-order chi connectivity index (χ0) is 17.2. The van der Waals surface area contributed by atoms with Crippen molar-refractivity contribution < 1.29 is 0 Å². The molecule has 6 heteroatoms. The Morgan fingerprint density at radius 2 is 1.70 bits per heavy atom. The molecule has 23 heavy (non-hydrogen) atoms. The topological polar surface area (TPSA) is 89.6 Å². The second-order valence-corrected chi connectivity index (χ2v) is 7.47. The summed E-state index contributed by atoms with van der Waals surface area (Å²) in [5.74, 6) is -0.0514. The summed E-state index contributed by atoms with van der Waals surface area (Å²) in [4.78, 5) is 5.64. The van der Waals surface area contributed by atoms with Crippen LogP contribution in [0.5, 0.6) is 0 Å². The van der Waals surface area contributed by atoms with Crippen LogP contribution in [-0.2, 0) is 5.41 Å². The first-order valence-electron chi connectivity index (χ1n) is 7.40. The molecule has 1 heterocycles. The zero-order valence-corrected chi connectivity index (χ0v) is 15.0. The molecule has 0 aliphatic carbocycles. The van der Waals surface area contributed by atoms with Gasteiger partial charge in [-0.15, -0.1) is 16.4 Å². The molecule has 0 spiro atoms. The first kappa shape index (κ1) is 17.1. The number of rotatable bonds is 3. The third-order valence-corrected chi connectivity index (χ3v) is 4.75. The molecule has 1 aromatic heterocycles. The third kappa shape index (κ3) is 4.16. The molecule has 5 nitrogen and oxygen atoms in total. The van der Waals surface area contributed by atoms with Gasteiger partial charge in [0.2, 0.25) is 5.96 Å². The Bertz CT molecular complexity index is 744. The highest BCUT2D eigenvalue weighted by Gasteiger charge is 2.15. The van der Waals surface area contributed by atoms with Crippen LogP contribution in [0.25, 0.3) is 10.6 Å². The predicted molar refractivity (Wildman–Crippen MR) is 99.0 cm³/mol. The average molecular weight is 329 g/mol. The highest BCUT2D eigenvalue weighted by molar-refractivity contribution is 7.17. The maximum Gasteiger partial charge on any atom is 0.211 e. The highest BCUT2D eigenvalue weighted by Crippen LogP contribution is 2.30. The quantitative estimate of drug-likeness (QED) is 0.513. The fourth-order valence-corrected chi connectivity index (χ4v) is 3.16. The van der Waals surface area contributed by atoms with Gasteiger partial charge in [0, 0.05) is 5.56 Å². The SMILES string of the molecule is C/C(=N/N=C(N)N)c1sc(-c2ccc(C(C)(C)C)cc2)nc1C. The fraction of sp³-hybridized carbons (Fsp3) is 0.353. The molecule has 1 aromatic carbocycles. The maximum absolute atomic E-state index is 5.31. The van der Waals surface area contributed by atoms with Crippen LogP contribution in [-0.4, -0.2) is 16.7 Å². The lowest BCUT2D eigenvalue weighted by Gasteiger charge is -2.18. The number of nitrogens with zero attached hydrogens (tertiary/aromatic N) is 3. The number of nitrogens with two attached hydrogens (primary N) is 2. The smallest absolute Gasteiger partial charge is 0.211 e. The molecule has 0 atom stereocenters. The van der Waals surface area contributed by atoms with E-state index >= 15 is 0 Å². The first-order chi connectivity index (χ1) is 10.7. The normalized spacial score (nSPS) is 12.3. The van der Waals surface area contributed by atoms with Crippen LogP contribution in [0.4, 0.5) is 0 Å². The van der Waals surface area contributed by atoms with Crippen molar-refractivity contribution in [2.24, 2.45) is 21.7 Å². The van der Waals surface area contributed by atoms with E-state index in [1.165, 1.54) is 5.56 Å². The van der Waals surface area contributed by atoms with Crippen molar-refractivity contribution in [2.45, 2.75) is 40.0 Å². The van der Waals surface area contributed by atoms with Gasteiger partial charge in [0.25, 0.3) is 0 Å². The Hall–Kier alpha value is -2.21. The molecule has 0 saturated carbocycles. The van der Waals surface area contributed by atoms with Gasteiger partial charge in [0.05, 0.1) is 16.3 Å². The largest absolute Gasteiger partial charge is 0.369 e. The van der Waals surface area contributed by atoms with Gasteiger partial charge in [-0.1, -0.05) is 45.0 Å². The molecule has 2 rings (SSSR count). The lowest BCUT2D eigenvalue weighted by atomic mass is 9.87. The van der Waals surface area contributed by atoms with Gasteiger partial charge in [-0.2, -0.15) is 5.10 Å². The molecular weight excluding hydrogens is 306 g/mol. The second-order valence-electron chi connectivity index (χ2n) is 6.47. The molecule has 0 aliphatic rings. The average Bonchev–Trinajstić information content (AvgIpc) is 2.86. The molecule has 2 aromatic rings. The summed E-state index contributed by atoms with van der Waals surface area (Å²) in [6, 6.07) is 8.55. The molecule has 0 amide bonds. The van der Waals surface area contributed by atoms with E-state index in [0.29, 0.717) is 0 Å². The van der Waals surface area contributed by atoms with Crippen LogP contribution >= 0.6 is 11.3 Å². The summed E-state index contributed by atoms with van der Waals surface area (Å²) in [6.45, 7) is 10.5. The number of aryl methyl sites for hydroxylation is 1. The lowest BCUT2D eigenvalue weighted by Crippen LogP contribution is -2.22. The maximum atomic E-state index is 5.31. The van der Waals surface area contributed by atoms with Crippen LogP contribution < -0.4 is 11.5 Å². The van der Waals surface area contributed by atoms with Gasteiger partial charge < -0.3 is 11.5 Å². The van der Waals surface area contributed by atoms with Crippen LogP contribution in [0.2, 0.25) is 0 Å². The van der Waals surface area contributed by atoms with Crippen molar-refractivity contribution in [3.05, 3.63) is 40.4 Å². The van der Waals surface area contributed by atoms with Crippen molar-refractivity contribution in [2.75, 3.05) is 0 Å². The van der Waals surface area contributed by atoms with E-state index in [1.54, 1.807) is 11.3 Å². The van der Waals surface area contributed by atoms with Crippen molar-refractivity contribution >= 4 is 23.0 Å². The highest BCUT2D eigenvalue weighted by atomic mass is 32.1. The van der Waals surface area contributed by atoms with E-state index < -0.39 is 0 Å². The van der Waals surface area contributed by atoms with Gasteiger partial charge in [0.15, 0.2) is 0 Å². The van der Waals surface area contributed by atoms with Gasteiger partial charge in [-0.05, 0) is 24.8 Å². The molecular formula is C17H23N5S. The van der Waals surface area contributed by atoms with Crippen molar-refractivity contribution in [1.29, 1.82) is 0 Å². The van der Waals surface area contributed by atoms with Gasteiger partial charge in [-0.25, -0.2) is 4.98 Å². The van der Waals surface area contributed by atoms with Crippen LogP contribution in [0.1, 0.15) is 43.8 Å². The van der Waals surface area contributed by atoms with E-state index in [-0.39, 0.29) is 11.4 Å². The van der Waals surface area contributed by atoms with E-state index in [2.05, 4.69) is 60.2 Å². The monoisotopic (exact) mass is 329 g/mol. The van der Waals surface area contributed by atoms with Crippen molar-refractivity contribution in [3.63, 3.8) is 0 Å². The third-order valence-electron chi connectivity index (χ3n) is 3.44. The summed E-state index contributed by atoms with van der Waals surface area (Å²) in [7, 11) is 0. The van der Waals surface area contributed by atoms with E-state index in [0.717, 1.165) is 26.9 Å². The molecule has 0 fully saturated rings. The number of guanidine groups is 1. The molecule has 0 saturated heterocycles. The summed E-state index contributed by atoms with van der Waals surface area (Å²) >= 11 is 1.59. The minimum atomic E-state index is -0.0514. The Morgan fingerprint density at radius 1 is 1.09 bits per heavy atom. The van der Waals surface area contributed by atoms with E-state index in [1.807, 2.05) is 13.8 Å². The summed E-state index contributed by atoms with van der Waals surface area (Å²) in [5, 5.41) is 8.70. The minimum Gasteiger partial charge on any atom is -0.369 e. The number of aromatic nitrogens is 1. The summed E-state index contributed by atoms with van der Waals surface area (Å²) < 4.78 is 0. The number of hydrogen-bond acceptors (Lipinski definition) is 4. The van der Waals surface area contributed by atoms with E-state index in [9.17, 15) is 0 Å². The predicted octanol–water partition coefficient (Wildman–Crippen LogP) is 3.41. The lowest BCUT2D eigenvalue weighted by molar-refractivity contribution is 0.590. The zero-order valence-electron chi connectivity index (χ0n) is 14.2. The van der Waals surface area contributed by atoms with Crippen LogP contribution in [0.3, 0.4) is 0 Å². The fourth-order valence-electron chi connectivity index (χ4n) is 2.15. The number of hydrogen-bond donors (Lipinski definition) is 2. The summed E-state index contributed by atoms with van der Waals surface area (Å²) in [5.41, 5.74) is 14.9. The number of benzene rings is 1. The molecule has 122 valence electrons. The Balaban J connectivity index is 2.34. The Kier molecular flexibility index (Phi) is 4.85. The van der Waals surface area contributed by atoms with Crippen molar-refractivity contribution in [3.8, 4) is 10.6 Å². The summed E-state index contributed by atoms with van der Waals surface area (Å²) in [6.07, 6.45) is 0. The molecule has 4 N–H and O–H groups in total.